The summed E-state index contributed by atoms with van der Waals surface area (Å²) < 4.78 is 32.4. The lowest BCUT2D eigenvalue weighted by Gasteiger charge is -2.48. The lowest BCUT2D eigenvalue weighted by molar-refractivity contribution is -0.314. The van der Waals surface area contributed by atoms with Crippen LogP contribution in [0.4, 0.5) is 0 Å². The molecule has 0 N–H and O–H groups in total. The number of carbonyl (C=O) groups is 1. The molecule has 0 bridgehead atoms. The van der Waals surface area contributed by atoms with E-state index < -0.39 is 42.1 Å². The SMILES string of the molecule is CCS[C@@H]1O[C@@H]2COC(c3ccccc3)O[C@@H]2[C@H](Oc2c(C)ccc3ccccc23)[C@H]1OC(=O)c1ccccc1. The zero-order valence-electron chi connectivity index (χ0n) is 22.5. The lowest BCUT2D eigenvalue weighted by atomic mass is 9.97. The van der Waals surface area contributed by atoms with Crippen molar-refractivity contribution in [2.45, 2.75) is 50.0 Å². The summed E-state index contributed by atoms with van der Waals surface area (Å²) in [5.74, 6) is 1.09. The topological polar surface area (TPSA) is 63.2 Å². The van der Waals surface area contributed by atoms with Gasteiger partial charge in [-0.05, 0) is 35.8 Å². The zero-order chi connectivity index (χ0) is 27.5. The molecule has 4 aromatic rings. The van der Waals surface area contributed by atoms with E-state index in [2.05, 4.69) is 31.2 Å². The van der Waals surface area contributed by atoms with Crippen molar-refractivity contribution in [1.29, 1.82) is 0 Å². The van der Waals surface area contributed by atoms with Gasteiger partial charge < -0.3 is 23.7 Å². The Morgan fingerprint density at radius 1 is 0.875 bits per heavy atom. The number of thioether (sulfide) groups is 1. The van der Waals surface area contributed by atoms with E-state index in [1.165, 1.54) is 0 Å². The van der Waals surface area contributed by atoms with Gasteiger partial charge in [0.1, 0.15) is 23.4 Å². The maximum absolute atomic E-state index is 13.4. The van der Waals surface area contributed by atoms with E-state index in [-0.39, 0.29) is 0 Å². The molecular formula is C33H32O6S. The molecule has 0 aromatic heterocycles. The van der Waals surface area contributed by atoms with Gasteiger partial charge in [0.15, 0.2) is 18.5 Å². The van der Waals surface area contributed by atoms with Crippen molar-refractivity contribution in [1.82, 2.24) is 0 Å². The van der Waals surface area contributed by atoms with Crippen LogP contribution >= 0.6 is 11.8 Å². The van der Waals surface area contributed by atoms with Crippen LogP contribution in [0.2, 0.25) is 0 Å². The van der Waals surface area contributed by atoms with Crippen LogP contribution in [0, 0.1) is 6.92 Å². The van der Waals surface area contributed by atoms with Crippen molar-refractivity contribution in [3.05, 3.63) is 114 Å². The number of carbonyl (C=O) groups excluding carboxylic acids is 1. The van der Waals surface area contributed by atoms with Crippen molar-refractivity contribution >= 4 is 28.5 Å². The summed E-state index contributed by atoms with van der Waals surface area (Å²) in [5, 5.41) is 2.06. The van der Waals surface area contributed by atoms with Gasteiger partial charge in [-0.1, -0.05) is 91.9 Å². The standard InChI is InChI=1S/C33H32O6S/c1-3-40-33-30(38-31(34)23-13-6-4-7-14-23)29(37-27-21(2)18-19-22-12-10-11-17-25(22)27)28-26(36-33)20-35-32(39-28)24-15-8-5-9-16-24/h4-19,26,28-30,32-33H,3,20H2,1-2H3/t26-,28+,29+,30-,32?,33+/m1/s1. The summed E-state index contributed by atoms with van der Waals surface area (Å²) >= 11 is 1.58. The molecule has 40 heavy (non-hydrogen) atoms. The van der Waals surface area contributed by atoms with Crippen LogP contribution in [0.3, 0.4) is 0 Å². The fourth-order valence-electron chi connectivity index (χ4n) is 5.29. The highest BCUT2D eigenvalue weighted by atomic mass is 32.2. The maximum atomic E-state index is 13.4. The first kappa shape index (κ1) is 26.8. The van der Waals surface area contributed by atoms with E-state index in [9.17, 15) is 4.79 Å². The van der Waals surface area contributed by atoms with Crippen LogP contribution in [-0.2, 0) is 18.9 Å². The average Bonchev–Trinajstić information content (AvgIpc) is 3.00. The second-order valence-electron chi connectivity index (χ2n) is 9.93. The summed E-state index contributed by atoms with van der Waals surface area (Å²) in [6, 6.07) is 31.1. The molecule has 206 valence electrons. The molecule has 0 amide bonds. The van der Waals surface area contributed by atoms with Crippen molar-refractivity contribution in [2.24, 2.45) is 0 Å². The van der Waals surface area contributed by atoms with Gasteiger partial charge in [-0.2, -0.15) is 0 Å². The molecule has 0 aliphatic carbocycles. The minimum atomic E-state index is -0.730. The number of rotatable bonds is 7. The first-order valence-electron chi connectivity index (χ1n) is 13.6. The minimum Gasteiger partial charge on any atom is -0.483 e. The van der Waals surface area contributed by atoms with E-state index in [1.807, 2.05) is 67.6 Å². The van der Waals surface area contributed by atoms with Gasteiger partial charge in [-0.3, -0.25) is 0 Å². The molecule has 7 heteroatoms. The molecule has 0 spiro atoms. The quantitative estimate of drug-likeness (QED) is 0.234. The van der Waals surface area contributed by atoms with Crippen LogP contribution in [-0.4, -0.2) is 48.2 Å². The highest BCUT2D eigenvalue weighted by Crippen LogP contribution is 2.41. The molecular weight excluding hydrogens is 524 g/mol. The highest BCUT2D eigenvalue weighted by molar-refractivity contribution is 7.99. The van der Waals surface area contributed by atoms with Crippen molar-refractivity contribution in [2.75, 3.05) is 12.4 Å². The van der Waals surface area contributed by atoms with Gasteiger partial charge in [-0.15, -0.1) is 11.8 Å². The first-order chi connectivity index (χ1) is 19.6. The van der Waals surface area contributed by atoms with Crippen LogP contribution in [0.5, 0.6) is 5.75 Å². The fraction of sp³-hybridized carbons (Fsp3) is 0.303. The molecule has 0 radical (unpaired) electrons. The van der Waals surface area contributed by atoms with Crippen molar-refractivity contribution in [3.8, 4) is 5.75 Å². The van der Waals surface area contributed by atoms with E-state index in [0.717, 1.165) is 33.4 Å². The van der Waals surface area contributed by atoms with Crippen LogP contribution in [0.25, 0.3) is 10.8 Å². The monoisotopic (exact) mass is 556 g/mol. The van der Waals surface area contributed by atoms with Crippen LogP contribution < -0.4 is 4.74 Å². The number of ether oxygens (including phenoxy) is 5. The summed E-state index contributed by atoms with van der Waals surface area (Å²) in [6.07, 6.45) is -2.90. The van der Waals surface area contributed by atoms with Crippen LogP contribution in [0.15, 0.2) is 97.1 Å². The van der Waals surface area contributed by atoms with Gasteiger partial charge >= 0.3 is 5.97 Å². The van der Waals surface area contributed by atoms with Gasteiger partial charge in [0, 0.05) is 10.9 Å². The number of hydrogen-bond acceptors (Lipinski definition) is 7. The Hall–Kier alpha value is -3.36. The first-order valence-corrected chi connectivity index (χ1v) is 14.7. The van der Waals surface area contributed by atoms with Crippen LogP contribution in [0.1, 0.15) is 34.7 Å². The Balaban J connectivity index is 1.40. The second-order valence-corrected chi connectivity index (χ2v) is 11.3. The normalized spacial score (nSPS) is 26.1. The molecule has 2 heterocycles. The van der Waals surface area contributed by atoms with Gasteiger partial charge in [0.25, 0.3) is 0 Å². The number of hydrogen-bond donors (Lipinski definition) is 0. The van der Waals surface area contributed by atoms with E-state index in [0.29, 0.717) is 12.2 Å². The molecule has 0 saturated carbocycles. The van der Waals surface area contributed by atoms with Crippen molar-refractivity contribution in [3.63, 3.8) is 0 Å². The predicted molar refractivity (Wildman–Crippen MR) is 156 cm³/mol. The number of esters is 1. The zero-order valence-corrected chi connectivity index (χ0v) is 23.3. The molecule has 6 rings (SSSR count). The molecule has 4 aromatic carbocycles. The summed E-state index contributed by atoms with van der Waals surface area (Å²) in [5.41, 5.74) is 1.91. The van der Waals surface area contributed by atoms with E-state index in [4.69, 9.17) is 23.7 Å². The Morgan fingerprint density at radius 3 is 2.38 bits per heavy atom. The molecule has 2 aliphatic heterocycles. The third-order valence-corrected chi connectivity index (χ3v) is 8.31. The smallest absolute Gasteiger partial charge is 0.338 e. The molecule has 2 fully saturated rings. The molecule has 1 unspecified atom stereocenters. The number of aryl methyl sites for hydroxylation is 1. The summed E-state index contributed by atoms with van der Waals surface area (Å²) in [4.78, 5) is 13.4. The Kier molecular flexibility index (Phi) is 8.07. The van der Waals surface area contributed by atoms with E-state index >= 15 is 0 Å². The third-order valence-electron chi connectivity index (χ3n) is 7.27. The largest absolute Gasteiger partial charge is 0.483 e. The fourth-order valence-corrected chi connectivity index (χ4v) is 6.24. The maximum Gasteiger partial charge on any atom is 0.338 e. The Labute approximate surface area is 238 Å². The highest BCUT2D eigenvalue weighted by Gasteiger charge is 2.53. The Bertz CT molecular complexity index is 1450. The molecule has 6 atom stereocenters. The summed E-state index contributed by atoms with van der Waals surface area (Å²) in [6.45, 7) is 4.42. The van der Waals surface area contributed by atoms with Crippen molar-refractivity contribution < 1.29 is 28.5 Å². The third kappa shape index (κ3) is 5.47. The van der Waals surface area contributed by atoms with E-state index in [1.54, 1.807) is 23.9 Å². The number of fused-ring (bicyclic) bond motifs is 2. The van der Waals surface area contributed by atoms with Gasteiger partial charge in [0.2, 0.25) is 0 Å². The predicted octanol–water partition coefficient (Wildman–Crippen LogP) is 6.71. The number of benzene rings is 4. The van der Waals surface area contributed by atoms with Gasteiger partial charge in [0.05, 0.1) is 12.2 Å². The summed E-state index contributed by atoms with van der Waals surface area (Å²) in [7, 11) is 0. The van der Waals surface area contributed by atoms with Gasteiger partial charge in [-0.25, -0.2) is 4.79 Å². The molecule has 6 nitrogen and oxygen atoms in total. The molecule has 2 saturated heterocycles. The Morgan fingerprint density at radius 2 is 1.60 bits per heavy atom. The average molecular weight is 557 g/mol. The second kappa shape index (κ2) is 12.0. The lowest BCUT2D eigenvalue weighted by Crippen LogP contribution is -2.63. The minimum absolute atomic E-state index is 0.332. The molecule has 2 aliphatic rings.